The molecular formula is C22H21BrN4O3. The van der Waals surface area contributed by atoms with Gasteiger partial charge in [-0.2, -0.15) is 0 Å². The molecule has 1 saturated carbocycles. The maximum atomic E-state index is 12.7. The van der Waals surface area contributed by atoms with Crippen molar-refractivity contribution >= 4 is 38.6 Å². The lowest BCUT2D eigenvalue weighted by molar-refractivity contribution is -0.129. The molecule has 4 rings (SSSR count). The Morgan fingerprint density at radius 1 is 1.17 bits per heavy atom. The SMILES string of the molecule is O=C(Cn1cnc2ccc(Br)cc2c1=O)NC(Cc1ccccc1)C(=O)NC1CC1. The maximum absolute atomic E-state index is 12.7. The van der Waals surface area contributed by atoms with Crippen LogP contribution >= 0.6 is 15.9 Å². The average molecular weight is 469 g/mol. The summed E-state index contributed by atoms with van der Waals surface area (Å²) in [5.74, 6) is -0.622. The highest BCUT2D eigenvalue weighted by molar-refractivity contribution is 9.10. The van der Waals surface area contributed by atoms with Gasteiger partial charge in [0.25, 0.3) is 5.56 Å². The van der Waals surface area contributed by atoms with Crippen LogP contribution in [0.2, 0.25) is 0 Å². The first kappa shape index (κ1) is 20.3. The molecular weight excluding hydrogens is 448 g/mol. The Kier molecular flexibility index (Phi) is 5.94. The fourth-order valence-electron chi connectivity index (χ4n) is 3.23. The molecule has 1 aliphatic rings. The van der Waals surface area contributed by atoms with E-state index in [0.29, 0.717) is 17.3 Å². The van der Waals surface area contributed by atoms with E-state index < -0.39 is 11.9 Å². The zero-order valence-electron chi connectivity index (χ0n) is 16.2. The quantitative estimate of drug-likeness (QED) is 0.555. The number of fused-ring (bicyclic) bond motifs is 1. The highest BCUT2D eigenvalue weighted by Crippen LogP contribution is 2.19. The van der Waals surface area contributed by atoms with Crippen molar-refractivity contribution in [3.63, 3.8) is 0 Å². The van der Waals surface area contributed by atoms with Crippen LogP contribution in [0.25, 0.3) is 10.9 Å². The second-order valence-electron chi connectivity index (χ2n) is 7.43. The Hall–Kier alpha value is -3.00. The van der Waals surface area contributed by atoms with Crippen molar-refractivity contribution in [3.8, 4) is 0 Å². The summed E-state index contributed by atoms with van der Waals surface area (Å²) in [7, 11) is 0. The lowest BCUT2D eigenvalue weighted by Crippen LogP contribution is -2.49. The lowest BCUT2D eigenvalue weighted by Gasteiger charge is -2.19. The molecule has 1 fully saturated rings. The van der Waals surface area contributed by atoms with Gasteiger partial charge in [0.1, 0.15) is 12.6 Å². The van der Waals surface area contributed by atoms with Crippen molar-refractivity contribution in [2.24, 2.45) is 0 Å². The van der Waals surface area contributed by atoms with Crippen LogP contribution in [0.5, 0.6) is 0 Å². The molecule has 0 bridgehead atoms. The van der Waals surface area contributed by atoms with Crippen LogP contribution in [0.3, 0.4) is 0 Å². The molecule has 3 aromatic rings. The van der Waals surface area contributed by atoms with Crippen LogP contribution in [0.1, 0.15) is 18.4 Å². The lowest BCUT2D eigenvalue weighted by atomic mass is 10.1. The molecule has 7 nitrogen and oxygen atoms in total. The molecule has 2 amide bonds. The van der Waals surface area contributed by atoms with E-state index in [2.05, 4.69) is 31.5 Å². The predicted molar refractivity (Wildman–Crippen MR) is 117 cm³/mol. The molecule has 0 radical (unpaired) electrons. The van der Waals surface area contributed by atoms with E-state index in [4.69, 9.17) is 0 Å². The van der Waals surface area contributed by atoms with E-state index in [9.17, 15) is 14.4 Å². The monoisotopic (exact) mass is 468 g/mol. The van der Waals surface area contributed by atoms with Crippen molar-refractivity contribution in [1.29, 1.82) is 0 Å². The molecule has 1 unspecified atom stereocenters. The number of hydrogen-bond donors (Lipinski definition) is 2. The third-order valence-corrected chi connectivity index (χ3v) is 5.45. The first-order valence-electron chi connectivity index (χ1n) is 9.78. The average Bonchev–Trinajstić information content (AvgIpc) is 3.55. The smallest absolute Gasteiger partial charge is 0.261 e. The summed E-state index contributed by atoms with van der Waals surface area (Å²) in [5, 5.41) is 6.15. The summed E-state index contributed by atoms with van der Waals surface area (Å²) in [6, 6.07) is 14.2. The summed E-state index contributed by atoms with van der Waals surface area (Å²) in [6.45, 7) is -0.212. The number of amides is 2. The molecule has 1 aliphatic carbocycles. The van der Waals surface area contributed by atoms with Gasteiger partial charge in [0, 0.05) is 16.9 Å². The largest absolute Gasteiger partial charge is 0.352 e. The van der Waals surface area contributed by atoms with E-state index in [1.165, 1.54) is 10.9 Å². The zero-order valence-corrected chi connectivity index (χ0v) is 17.8. The number of hydrogen-bond acceptors (Lipinski definition) is 4. The maximum Gasteiger partial charge on any atom is 0.261 e. The highest BCUT2D eigenvalue weighted by Gasteiger charge is 2.28. The first-order valence-corrected chi connectivity index (χ1v) is 10.6. The van der Waals surface area contributed by atoms with Crippen LogP contribution in [-0.2, 0) is 22.6 Å². The van der Waals surface area contributed by atoms with E-state index in [-0.39, 0.29) is 24.1 Å². The summed E-state index contributed by atoms with van der Waals surface area (Å²) in [5.41, 5.74) is 1.20. The number of nitrogens with one attached hydrogen (secondary N) is 2. The topological polar surface area (TPSA) is 93.1 Å². The zero-order chi connectivity index (χ0) is 21.1. The Balaban J connectivity index is 1.50. The van der Waals surface area contributed by atoms with Gasteiger partial charge in [0.05, 0.1) is 17.2 Å². The minimum Gasteiger partial charge on any atom is -0.352 e. The molecule has 154 valence electrons. The number of carbonyl (C=O) groups is 2. The Bertz CT molecular complexity index is 1140. The second-order valence-corrected chi connectivity index (χ2v) is 8.35. The summed E-state index contributed by atoms with van der Waals surface area (Å²) < 4.78 is 2.01. The molecule has 1 aromatic heterocycles. The van der Waals surface area contributed by atoms with Crippen LogP contribution < -0.4 is 16.2 Å². The van der Waals surface area contributed by atoms with Crippen molar-refractivity contribution < 1.29 is 9.59 Å². The molecule has 0 saturated heterocycles. The van der Waals surface area contributed by atoms with Gasteiger partial charge < -0.3 is 10.6 Å². The van der Waals surface area contributed by atoms with Gasteiger partial charge in [-0.1, -0.05) is 46.3 Å². The molecule has 2 aromatic carbocycles. The summed E-state index contributed by atoms with van der Waals surface area (Å²) in [6.07, 6.45) is 3.66. The third-order valence-electron chi connectivity index (χ3n) is 4.96. The van der Waals surface area contributed by atoms with Crippen molar-refractivity contribution in [1.82, 2.24) is 20.2 Å². The summed E-state index contributed by atoms with van der Waals surface area (Å²) >= 11 is 3.35. The van der Waals surface area contributed by atoms with Gasteiger partial charge in [-0.05, 0) is 36.6 Å². The Morgan fingerprint density at radius 2 is 1.93 bits per heavy atom. The van der Waals surface area contributed by atoms with Crippen molar-refractivity contribution in [2.75, 3.05) is 0 Å². The molecule has 1 atom stereocenters. The first-order chi connectivity index (χ1) is 14.5. The molecule has 1 heterocycles. The van der Waals surface area contributed by atoms with Crippen LogP contribution in [0.4, 0.5) is 0 Å². The van der Waals surface area contributed by atoms with Gasteiger partial charge in [0.2, 0.25) is 11.8 Å². The second kappa shape index (κ2) is 8.79. The van der Waals surface area contributed by atoms with Gasteiger partial charge in [-0.15, -0.1) is 0 Å². The van der Waals surface area contributed by atoms with Crippen LogP contribution in [0, 0.1) is 0 Å². The molecule has 2 N–H and O–H groups in total. The standard InChI is InChI=1S/C22H21BrN4O3/c23-15-6-9-18-17(11-15)22(30)27(13-24-18)12-20(28)26-19(21(29)25-16-7-8-16)10-14-4-2-1-3-5-14/h1-6,9,11,13,16,19H,7-8,10,12H2,(H,25,29)(H,26,28). The highest BCUT2D eigenvalue weighted by atomic mass is 79.9. The predicted octanol–water partition coefficient (Wildman–Crippen LogP) is 2.17. The Morgan fingerprint density at radius 3 is 2.67 bits per heavy atom. The molecule has 0 spiro atoms. The fourth-order valence-corrected chi connectivity index (χ4v) is 3.59. The van der Waals surface area contributed by atoms with E-state index in [1.54, 1.807) is 18.2 Å². The minimum absolute atomic E-state index is 0.193. The number of nitrogens with zero attached hydrogens (tertiary/aromatic N) is 2. The number of carbonyl (C=O) groups excluding carboxylic acids is 2. The van der Waals surface area contributed by atoms with E-state index in [1.807, 2.05) is 30.3 Å². The van der Waals surface area contributed by atoms with Gasteiger partial charge >= 0.3 is 0 Å². The number of benzene rings is 2. The fraction of sp³-hybridized carbons (Fsp3) is 0.273. The van der Waals surface area contributed by atoms with E-state index >= 15 is 0 Å². The van der Waals surface area contributed by atoms with Crippen molar-refractivity contribution in [3.05, 3.63) is 75.2 Å². The molecule has 30 heavy (non-hydrogen) atoms. The molecule has 0 aliphatic heterocycles. The Labute approximate surface area is 181 Å². The third kappa shape index (κ3) is 4.94. The number of halogens is 1. The van der Waals surface area contributed by atoms with Gasteiger partial charge in [-0.3, -0.25) is 19.0 Å². The number of aromatic nitrogens is 2. The van der Waals surface area contributed by atoms with Crippen LogP contribution in [0.15, 0.2) is 64.1 Å². The molecule has 8 heteroatoms. The minimum atomic E-state index is -0.709. The van der Waals surface area contributed by atoms with Crippen LogP contribution in [-0.4, -0.2) is 33.4 Å². The van der Waals surface area contributed by atoms with Gasteiger partial charge in [-0.25, -0.2) is 4.98 Å². The van der Waals surface area contributed by atoms with E-state index in [0.717, 1.165) is 22.9 Å². The van der Waals surface area contributed by atoms with Crippen molar-refractivity contribution in [2.45, 2.75) is 37.9 Å². The van der Waals surface area contributed by atoms with Gasteiger partial charge in [0.15, 0.2) is 0 Å². The normalized spacial score (nSPS) is 14.3. The number of rotatable bonds is 7. The summed E-state index contributed by atoms with van der Waals surface area (Å²) in [4.78, 5) is 42.3.